The van der Waals surface area contributed by atoms with Crippen molar-refractivity contribution < 1.29 is 19.6 Å². The minimum Gasteiger partial charge on any atom is -0.437 e. The van der Waals surface area contributed by atoms with E-state index in [1.165, 1.54) is 0 Å². The molecule has 1 heterocycles. The predicted molar refractivity (Wildman–Crippen MR) is 59.8 cm³/mol. The molecular formula is C10H20BNO4. The van der Waals surface area contributed by atoms with Gasteiger partial charge in [-0.3, -0.25) is 0 Å². The average Bonchev–Trinajstić information content (AvgIpc) is 2.60. The summed E-state index contributed by atoms with van der Waals surface area (Å²) in [6, 6.07) is 0.0453. The van der Waals surface area contributed by atoms with E-state index in [1.807, 2.05) is 13.8 Å². The number of aliphatic hydroxyl groups excluding tert-OH is 1. The second-order valence-corrected chi connectivity index (χ2v) is 5.19. The molecule has 0 amide bonds. The second kappa shape index (κ2) is 4.27. The van der Waals surface area contributed by atoms with Crippen molar-refractivity contribution in [1.29, 1.82) is 0 Å². The Bertz CT molecular complexity index is 261. The Balaban J connectivity index is 2.08. The molecule has 0 bridgehead atoms. The third-order valence-corrected chi connectivity index (χ3v) is 3.27. The fraction of sp³-hybridized carbons (Fsp3) is 1.00. The Morgan fingerprint density at radius 1 is 1.38 bits per heavy atom. The lowest BCUT2D eigenvalue weighted by Crippen LogP contribution is -2.46. The molecule has 2 aliphatic rings. The Morgan fingerprint density at radius 3 is 2.56 bits per heavy atom. The lowest BCUT2D eigenvalue weighted by atomic mass is 9.86. The third kappa shape index (κ3) is 2.26. The monoisotopic (exact) mass is 229 g/mol. The van der Waals surface area contributed by atoms with Crippen LogP contribution in [0.1, 0.15) is 20.3 Å². The Labute approximate surface area is 96.3 Å². The quantitative estimate of drug-likeness (QED) is 0.574. The first kappa shape index (κ1) is 12.3. The molecule has 2 rings (SSSR count). The van der Waals surface area contributed by atoms with Gasteiger partial charge in [-0.25, -0.2) is 0 Å². The van der Waals surface area contributed by atoms with Gasteiger partial charge in [0.1, 0.15) is 6.10 Å². The van der Waals surface area contributed by atoms with E-state index in [-0.39, 0.29) is 30.8 Å². The van der Waals surface area contributed by atoms with Crippen molar-refractivity contribution in [1.82, 2.24) is 5.23 Å². The van der Waals surface area contributed by atoms with Gasteiger partial charge in [0.25, 0.3) is 0 Å². The van der Waals surface area contributed by atoms with Crippen LogP contribution in [-0.2, 0) is 9.47 Å². The van der Waals surface area contributed by atoms with Crippen LogP contribution in [0.5, 0.6) is 0 Å². The summed E-state index contributed by atoms with van der Waals surface area (Å²) in [7, 11) is -0.574. The van der Waals surface area contributed by atoms with E-state index in [2.05, 4.69) is 5.23 Å². The highest BCUT2D eigenvalue weighted by Crippen LogP contribution is 2.41. The molecule has 1 saturated heterocycles. The molecule has 0 unspecified atom stereocenters. The van der Waals surface area contributed by atoms with Crippen LogP contribution in [-0.4, -0.2) is 47.8 Å². The fourth-order valence-electron chi connectivity index (χ4n) is 2.74. The maximum absolute atomic E-state index is 9.35. The number of nitrogens with one attached hydrogen (secondary N) is 1. The first-order valence-corrected chi connectivity index (χ1v) is 5.83. The van der Waals surface area contributed by atoms with E-state index < -0.39 is 12.8 Å². The standard InChI is InChI=1S/C10H20BNO4/c1-10(2)15-8-6(5-13)4-7(9(8)16-10)12-11(3)14/h6-9,12-14H,4-5H2,1-3H3/t6-,7-,8-,9+/m1/s1. The number of fused-ring (bicyclic) bond motifs is 1. The SMILES string of the molecule is CB(O)N[C@@H]1C[C@H](CO)[C@H]2OC(C)(C)O[C@H]21. The molecule has 3 N–H and O–H groups in total. The molecule has 4 atom stereocenters. The lowest BCUT2D eigenvalue weighted by Gasteiger charge is -2.23. The van der Waals surface area contributed by atoms with Crippen LogP contribution in [0.3, 0.4) is 0 Å². The maximum atomic E-state index is 9.35. The lowest BCUT2D eigenvalue weighted by molar-refractivity contribution is -0.159. The number of hydrogen-bond acceptors (Lipinski definition) is 5. The number of hydrogen-bond donors (Lipinski definition) is 3. The van der Waals surface area contributed by atoms with Gasteiger partial charge in [0.15, 0.2) is 5.79 Å². The Kier molecular flexibility index (Phi) is 3.29. The molecule has 1 aliphatic heterocycles. The van der Waals surface area contributed by atoms with Crippen LogP contribution in [0.4, 0.5) is 0 Å². The van der Waals surface area contributed by atoms with Gasteiger partial charge in [-0.05, 0) is 27.1 Å². The molecule has 0 aromatic carbocycles. The van der Waals surface area contributed by atoms with E-state index in [4.69, 9.17) is 9.47 Å². The molecule has 6 heteroatoms. The summed E-state index contributed by atoms with van der Waals surface area (Å²) in [4.78, 5) is 0. The predicted octanol–water partition coefficient (Wildman–Crippen LogP) is -0.413. The summed E-state index contributed by atoms with van der Waals surface area (Å²) in [5, 5.41) is 21.7. The molecule has 1 saturated carbocycles. The van der Waals surface area contributed by atoms with Crippen molar-refractivity contribution in [3.05, 3.63) is 0 Å². The molecule has 0 radical (unpaired) electrons. The van der Waals surface area contributed by atoms with Crippen LogP contribution < -0.4 is 5.23 Å². The topological polar surface area (TPSA) is 71.0 Å². The van der Waals surface area contributed by atoms with Gasteiger partial charge in [0.2, 0.25) is 0 Å². The largest absolute Gasteiger partial charge is 0.437 e. The fourth-order valence-corrected chi connectivity index (χ4v) is 2.74. The van der Waals surface area contributed by atoms with E-state index in [0.29, 0.717) is 0 Å². The van der Waals surface area contributed by atoms with Gasteiger partial charge in [-0.2, -0.15) is 0 Å². The van der Waals surface area contributed by atoms with Crippen molar-refractivity contribution in [3.8, 4) is 0 Å². The molecule has 0 spiro atoms. The Morgan fingerprint density at radius 2 is 2.00 bits per heavy atom. The summed E-state index contributed by atoms with van der Waals surface area (Å²) in [5.41, 5.74) is 0. The summed E-state index contributed by atoms with van der Waals surface area (Å²) < 4.78 is 11.6. The van der Waals surface area contributed by atoms with Crippen LogP contribution in [0.25, 0.3) is 0 Å². The molecule has 0 aromatic heterocycles. The van der Waals surface area contributed by atoms with Gasteiger partial charge in [0, 0.05) is 18.6 Å². The normalized spacial score (nSPS) is 41.1. The summed E-state index contributed by atoms with van der Waals surface area (Å²) >= 11 is 0. The van der Waals surface area contributed by atoms with Crippen molar-refractivity contribution in [2.75, 3.05) is 6.61 Å². The molecule has 2 fully saturated rings. The van der Waals surface area contributed by atoms with E-state index in [1.54, 1.807) is 6.82 Å². The van der Waals surface area contributed by atoms with Crippen molar-refractivity contribution in [2.24, 2.45) is 5.92 Å². The highest BCUT2D eigenvalue weighted by atomic mass is 16.8. The van der Waals surface area contributed by atoms with Crippen LogP contribution in [0.2, 0.25) is 6.82 Å². The van der Waals surface area contributed by atoms with Crippen molar-refractivity contribution in [2.45, 2.75) is 51.1 Å². The maximum Gasteiger partial charge on any atom is 0.373 e. The first-order chi connectivity index (χ1) is 7.43. The molecule has 1 aliphatic carbocycles. The van der Waals surface area contributed by atoms with Crippen LogP contribution in [0, 0.1) is 5.92 Å². The Hall–Kier alpha value is -0.135. The minimum absolute atomic E-state index is 0.0453. The van der Waals surface area contributed by atoms with Gasteiger partial charge in [-0.1, -0.05) is 0 Å². The molecule has 92 valence electrons. The highest BCUT2D eigenvalue weighted by molar-refractivity contribution is 6.45. The van der Waals surface area contributed by atoms with E-state index >= 15 is 0 Å². The van der Waals surface area contributed by atoms with Gasteiger partial charge in [0.05, 0.1) is 6.10 Å². The van der Waals surface area contributed by atoms with Gasteiger partial charge in [-0.15, -0.1) is 0 Å². The van der Waals surface area contributed by atoms with E-state index in [9.17, 15) is 10.1 Å². The van der Waals surface area contributed by atoms with E-state index in [0.717, 1.165) is 6.42 Å². The van der Waals surface area contributed by atoms with Gasteiger partial charge < -0.3 is 24.8 Å². The molecule has 16 heavy (non-hydrogen) atoms. The van der Waals surface area contributed by atoms with Gasteiger partial charge >= 0.3 is 7.05 Å². The third-order valence-electron chi connectivity index (χ3n) is 3.27. The zero-order chi connectivity index (χ0) is 11.9. The van der Waals surface area contributed by atoms with Crippen molar-refractivity contribution >= 4 is 7.05 Å². The number of rotatable bonds is 3. The molecule has 0 aromatic rings. The van der Waals surface area contributed by atoms with Crippen LogP contribution >= 0.6 is 0 Å². The summed E-state index contributed by atoms with van der Waals surface area (Å²) in [6.07, 6.45) is 0.616. The number of aliphatic hydroxyl groups is 1. The highest BCUT2D eigenvalue weighted by Gasteiger charge is 2.53. The smallest absolute Gasteiger partial charge is 0.373 e. The number of ether oxygens (including phenoxy) is 2. The van der Waals surface area contributed by atoms with Crippen molar-refractivity contribution in [3.63, 3.8) is 0 Å². The molecule has 5 nitrogen and oxygen atoms in total. The minimum atomic E-state index is -0.595. The average molecular weight is 229 g/mol. The summed E-state index contributed by atoms with van der Waals surface area (Å²) in [6.45, 7) is 5.53. The second-order valence-electron chi connectivity index (χ2n) is 5.19. The first-order valence-electron chi connectivity index (χ1n) is 5.83. The zero-order valence-corrected chi connectivity index (χ0v) is 10.0. The van der Waals surface area contributed by atoms with Crippen LogP contribution in [0.15, 0.2) is 0 Å². The zero-order valence-electron chi connectivity index (χ0n) is 10.0. The molecular weight excluding hydrogens is 209 g/mol. The summed E-state index contributed by atoms with van der Waals surface area (Å²) in [5.74, 6) is -0.509.